The molecule has 3 N–H and O–H groups in total. The Morgan fingerprint density at radius 2 is 1.50 bits per heavy atom. The third-order valence-corrected chi connectivity index (χ3v) is 6.50. The molecule has 0 saturated carbocycles. The van der Waals surface area contributed by atoms with Gasteiger partial charge in [-0.25, -0.2) is 9.59 Å². The number of carbonyl (C=O) groups is 3. The molecule has 0 bridgehead atoms. The van der Waals surface area contributed by atoms with Crippen LogP contribution in [0.15, 0.2) is 108 Å². The van der Waals surface area contributed by atoms with E-state index in [0.717, 1.165) is 5.56 Å². The lowest BCUT2D eigenvalue weighted by Crippen LogP contribution is -2.40. The van der Waals surface area contributed by atoms with Gasteiger partial charge in [-0.2, -0.15) is 5.26 Å². The van der Waals surface area contributed by atoms with Crippen LogP contribution in [0, 0.1) is 11.3 Å². The topological polar surface area (TPSA) is 135 Å². The number of allylic oxidation sites excluding steroid dienone is 1. The van der Waals surface area contributed by atoms with Crippen LogP contribution in [0.2, 0.25) is 0 Å². The molecule has 0 spiro atoms. The van der Waals surface area contributed by atoms with E-state index in [1.54, 1.807) is 54.6 Å². The molecule has 0 aliphatic carbocycles. The molecule has 0 saturated heterocycles. The van der Waals surface area contributed by atoms with E-state index in [2.05, 4.69) is 11.4 Å². The number of nitrogens with two attached hydrogens (primary N) is 1. The minimum atomic E-state index is -0.952. The number of ether oxygens (including phenoxy) is 2. The Labute approximate surface area is 232 Å². The fraction of sp³-hybridized carbons (Fsp3) is 0.161. The molecule has 1 heterocycles. The number of hydrogen-bond acceptors (Lipinski definition) is 8. The number of anilines is 2. The minimum Gasteiger partial charge on any atom is -0.466 e. The minimum absolute atomic E-state index is 0.0379. The van der Waals surface area contributed by atoms with Gasteiger partial charge in [-0.15, -0.1) is 0 Å². The van der Waals surface area contributed by atoms with Crippen molar-refractivity contribution < 1.29 is 23.9 Å². The number of carbonyl (C=O) groups excluding carboxylic acids is 3. The summed E-state index contributed by atoms with van der Waals surface area (Å²) in [5.74, 6) is -2.79. The second-order valence-electron chi connectivity index (χ2n) is 8.92. The maximum Gasteiger partial charge on any atom is 0.355 e. The molecule has 202 valence electrons. The third-order valence-electron chi connectivity index (χ3n) is 6.50. The highest BCUT2D eigenvalue weighted by Gasteiger charge is 2.42. The van der Waals surface area contributed by atoms with Crippen LogP contribution in [0.5, 0.6) is 0 Å². The lowest BCUT2D eigenvalue weighted by molar-refractivity contribution is -0.139. The first-order chi connectivity index (χ1) is 19.4. The van der Waals surface area contributed by atoms with Gasteiger partial charge in [0.1, 0.15) is 11.5 Å². The zero-order chi connectivity index (χ0) is 28.6. The standard InChI is InChI=1S/C31H28N4O5/c1-39-30(37)27-26(21-11-7-4-8-12-21)24(19-32)29(33)35(28(27)31(38)40-2)23-16-14-22(15-17-23)34-25(36)18-13-20-9-5-3-6-10-20/h3-12,14-17,26H,13,18,33H2,1-2H3,(H,34,36). The Morgan fingerprint density at radius 1 is 0.900 bits per heavy atom. The third kappa shape index (κ3) is 5.71. The molecule has 3 aromatic carbocycles. The number of esters is 2. The van der Waals surface area contributed by atoms with Crippen molar-refractivity contribution in [1.82, 2.24) is 0 Å². The highest BCUT2D eigenvalue weighted by molar-refractivity contribution is 6.06. The van der Waals surface area contributed by atoms with Crippen molar-refractivity contribution in [2.24, 2.45) is 5.73 Å². The normalized spacial score (nSPS) is 14.8. The second-order valence-corrected chi connectivity index (χ2v) is 8.92. The number of hydrogen-bond donors (Lipinski definition) is 2. The molecular formula is C31H28N4O5. The van der Waals surface area contributed by atoms with Crippen LogP contribution < -0.4 is 16.0 Å². The number of aryl methyl sites for hydroxylation is 1. The highest BCUT2D eigenvalue weighted by Crippen LogP contribution is 2.43. The number of amides is 1. The summed E-state index contributed by atoms with van der Waals surface area (Å²) in [7, 11) is 2.38. The van der Waals surface area contributed by atoms with Crippen molar-refractivity contribution in [3.05, 3.63) is 119 Å². The molecule has 1 aliphatic heterocycles. The van der Waals surface area contributed by atoms with Crippen molar-refractivity contribution in [2.75, 3.05) is 24.4 Å². The molecule has 40 heavy (non-hydrogen) atoms. The van der Waals surface area contributed by atoms with Crippen LogP contribution in [0.4, 0.5) is 11.4 Å². The molecule has 0 aromatic heterocycles. The summed E-state index contributed by atoms with van der Waals surface area (Å²) in [5.41, 5.74) is 8.88. The van der Waals surface area contributed by atoms with Gasteiger partial charge in [-0.3, -0.25) is 9.69 Å². The van der Waals surface area contributed by atoms with E-state index in [4.69, 9.17) is 15.2 Å². The smallest absolute Gasteiger partial charge is 0.355 e. The number of methoxy groups -OCH3 is 2. The lowest BCUT2D eigenvalue weighted by Gasteiger charge is -2.35. The zero-order valence-corrected chi connectivity index (χ0v) is 22.1. The molecule has 9 nitrogen and oxygen atoms in total. The Hall–Kier alpha value is -5.36. The maximum absolute atomic E-state index is 13.2. The van der Waals surface area contributed by atoms with E-state index in [-0.39, 0.29) is 28.6 Å². The van der Waals surface area contributed by atoms with Crippen LogP contribution in [0.25, 0.3) is 0 Å². The summed E-state index contributed by atoms with van der Waals surface area (Å²) in [6.45, 7) is 0. The number of benzene rings is 3. The van der Waals surface area contributed by atoms with Gasteiger partial charge >= 0.3 is 11.9 Å². The van der Waals surface area contributed by atoms with Gasteiger partial charge in [0.05, 0.1) is 37.4 Å². The number of nitrogens with zero attached hydrogens (tertiary/aromatic N) is 2. The fourth-order valence-electron chi connectivity index (χ4n) is 4.60. The lowest BCUT2D eigenvalue weighted by atomic mass is 9.81. The summed E-state index contributed by atoms with van der Waals surface area (Å²) in [6, 6.07) is 27.1. The first-order valence-electron chi connectivity index (χ1n) is 12.5. The first-order valence-corrected chi connectivity index (χ1v) is 12.5. The molecule has 4 rings (SSSR count). The molecule has 1 atom stereocenters. The largest absolute Gasteiger partial charge is 0.466 e. The molecule has 0 radical (unpaired) electrons. The van der Waals surface area contributed by atoms with Crippen molar-refractivity contribution >= 4 is 29.2 Å². The van der Waals surface area contributed by atoms with Crippen molar-refractivity contribution in [2.45, 2.75) is 18.8 Å². The molecule has 0 fully saturated rings. The van der Waals surface area contributed by atoms with E-state index in [9.17, 15) is 19.6 Å². The van der Waals surface area contributed by atoms with Gasteiger partial charge in [0.25, 0.3) is 0 Å². The molecule has 1 unspecified atom stereocenters. The van der Waals surface area contributed by atoms with Crippen LogP contribution >= 0.6 is 0 Å². The monoisotopic (exact) mass is 536 g/mol. The van der Waals surface area contributed by atoms with Gasteiger partial charge in [-0.1, -0.05) is 60.7 Å². The summed E-state index contributed by atoms with van der Waals surface area (Å²) in [4.78, 5) is 40.1. The molecule has 1 aliphatic rings. The maximum atomic E-state index is 13.2. The SMILES string of the molecule is COC(=O)C1=C(C(=O)OC)N(c2ccc(NC(=O)CCc3ccccc3)cc2)C(N)=C(C#N)C1c1ccccc1. The number of nitriles is 1. The van der Waals surface area contributed by atoms with Gasteiger partial charge in [0, 0.05) is 17.8 Å². The summed E-state index contributed by atoms with van der Waals surface area (Å²) >= 11 is 0. The Bertz CT molecular complexity index is 1510. The van der Waals surface area contributed by atoms with Crippen LogP contribution in [-0.2, 0) is 30.3 Å². The van der Waals surface area contributed by atoms with Gasteiger partial charge < -0.3 is 20.5 Å². The van der Waals surface area contributed by atoms with Crippen LogP contribution in [-0.4, -0.2) is 32.1 Å². The summed E-state index contributed by atoms with van der Waals surface area (Å²) in [5, 5.41) is 13.0. The average Bonchev–Trinajstić information content (AvgIpc) is 3.00. The molecule has 3 aromatic rings. The van der Waals surface area contributed by atoms with Crippen molar-refractivity contribution in [3.8, 4) is 6.07 Å². The van der Waals surface area contributed by atoms with Crippen molar-refractivity contribution in [1.29, 1.82) is 5.26 Å². The van der Waals surface area contributed by atoms with Gasteiger partial charge in [-0.05, 0) is 41.8 Å². The Morgan fingerprint density at radius 3 is 2.08 bits per heavy atom. The first kappa shape index (κ1) is 27.7. The Balaban J connectivity index is 1.71. The quantitative estimate of drug-likeness (QED) is 0.410. The second kappa shape index (κ2) is 12.5. The fourth-order valence-corrected chi connectivity index (χ4v) is 4.60. The average molecular weight is 537 g/mol. The number of nitrogens with one attached hydrogen (secondary N) is 1. The van der Waals surface area contributed by atoms with Crippen LogP contribution in [0.1, 0.15) is 23.5 Å². The van der Waals surface area contributed by atoms with E-state index < -0.39 is 17.9 Å². The zero-order valence-electron chi connectivity index (χ0n) is 22.1. The van der Waals surface area contributed by atoms with E-state index in [1.807, 2.05) is 30.3 Å². The number of rotatable bonds is 8. The Kier molecular flexibility index (Phi) is 8.62. The van der Waals surface area contributed by atoms with E-state index >= 15 is 0 Å². The highest BCUT2D eigenvalue weighted by atomic mass is 16.5. The summed E-state index contributed by atoms with van der Waals surface area (Å²) in [6.07, 6.45) is 0.903. The van der Waals surface area contributed by atoms with Gasteiger partial charge in [0.15, 0.2) is 0 Å². The molecule has 9 heteroatoms. The van der Waals surface area contributed by atoms with Crippen LogP contribution in [0.3, 0.4) is 0 Å². The predicted molar refractivity (Wildman–Crippen MR) is 149 cm³/mol. The molecular weight excluding hydrogens is 508 g/mol. The molecule has 1 amide bonds. The van der Waals surface area contributed by atoms with Crippen molar-refractivity contribution in [3.63, 3.8) is 0 Å². The predicted octanol–water partition coefficient (Wildman–Crippen LogP) is 4.16. The van der Waals surface area contributed by atoms with Gasteiger partial charge in [0.2, 0.25) is 5.91 Å². The van der Waals surface area contributed by atoms with E-state index in [0.29, 0.717) is 29.8 Å². The summed E-state index contributed by atoms with van der Waals surface area (Å²) < 4.78 is 10.1. The van der Waals surface area contributed by atoms with E-state index in [1.165, 1.54) is 19.1 Å².